The minimum atomic E-state index is -2.52. The molecule has 2 unspecified atom stereocenters. The summed E-state index contributed by atoms with van der Waals surface area (Å²) in [7, 11) is 0. The van der Waals surface area contributed by atoms with Gasteiger partial charge in [-0.15, -0.1) is 0 Å². The molecule has 3 saturated carbocycles. The highest BCUT2D eigenvalue weighted by Crippen LogP contribution is 2.60. The molecule has 10 heteroatoms. The number of alkyl halides is 2. The highest BCUT2D eigenvalue weighted by Gasteiger charge is 2.69. The van der Waals surface area contributed by atoms with E-state index in [1.807, 2.05) is 6.92 Å². The van der Waals surface area contributed by atoms with E-state index >= 15 is 0 Å². The number of carbonyl (C=O) groups excluding carboxylic acids is 2. The lowest BCUT2D eigenvalue weighted by molar-refractivity contribution is -0.153. The third-order valence-corrected chi connectivity index (χ3v) is 6.92. The van der Waals surface area contributed by atoms with Gasteiger partial charge in [-0.1, -0.05) is 37.1 Å². The number of rotatable bonds is 14. The maximum atomic E-state index is 13.5. The van der Waals surface area contributed by atoms with Crippen LogP contribution in [0.1, 0.15) is 52.4 Å². The molecular weight excluding hydrogens is 485 g/mol. The Kier molecular flexibility index (Phi) is 8.75. The molecular formula is C25H32ClF3N2O4. The predicted molar refractivity (Wildman–Crippen MR) is 126 cm³/mol. The van der Waals surface area contributed by atoms with E-state index < -0.39 is 24.3 Å². The van der Waals surface area contributed by atoms with E-state index in [0.717, 1.165) is 12.5 Å². The highest BCUT2D eigenvalue weighted by molar-refractivity contribution is 6.30. The van der Waals surface area contributed by atoms with Crippen LogP contribution < -0.4 is 15.4 Å². The molecule has 2 N–H and O–H groups in total. The van der Waals surface area contributed by atoms with Crippen LogP contribution in [0.25, 0.3) is 0 Å². The van der Waals surface area contributed by atoms with Gasteiger partial charge in [-0.2, -0.15) is 0 Å². The first-order chi connectivity index (χ1) is 16.5. The summed E-state index contributed by atoms with van der Waals surface area (Å²) in [6, 6.07) is 3.94. The average Bonchev–Trinajstić information content (AvgIpc) is 2.73. The van der Waals surface area contributed by atoms with Crippen LogP contribution in [0.15, 0.2) is 30.4 Å². The van der Waals surface area contributed by atoms with E-state index in [9.17, 15) is 22.8 Å². The molecule has 6 nitrogen and oxygen atoms in total. The molecule has 0 aliphatic heterocycles. The number of allylic oxidation sites excluding steroid dienone is 1. The first-order valence-corrected chi connectivity index (χ1v) is 12.1. The van der Waals surface area contributed by atoms with Crippen molar-refractivity contribution in [1.29, 1.82) is 0 Å². The second-order valence-corrected chi connectivity index (χ2v) is 10.2. The second kappa shape index (κ2) is 11.2. The van der Waals surface area contributed by atoms with Crippen LogP contribution in [0.4, 0.5) is 13.2 Å². The van der Waals surface area contributed by atoms with E-state index in [0.29, 0.717) is 31.3 Å². The molecule has 0 radical (unpaired) electrons. The number of amides is 2. The molecule has 0 spiro atoms. The van der Waals surface area contributed by atoms with Crippen LogP contribution in [-0.2, 0) is 14.3 Å². The zero-order valence-electron chi connectivity index (χ0n) is 20.0. The lowest BCUT2D eigenvalue weighted by atomic mass is 9.44. The van der Waals surface area contributed by atoms with E-state index in [-0.39, 0.29) is 53.3 Å². The molecule has 4 rings (SSSR count). The molecule has 2 amide bonds. The molecule has 3 aliphatic carbocycles. The number of nitrogens with one attached hydrogen (secondary N) is 2. The van der Waals surface area contributed by atoms with Crippen LogP contribution in [-0.4, -0.2) is 48.6 Å². The Labute approximate surface area is 208 Å². The minimum absolute atomic E-state index is 0.0292. The Morgan fingerprint density at radius 3 is 2.26 bits per heavy atom. The van der Waals surface area contributed by atoms with Gasteiger partial charge in [0.2, 0.25) is 12.3 Å². The van der Waals surface area contributed by atoms with E-state index in [1.165, 1.54) is 12.1 Å². The molecule has 3 fully saturated rings. The zero-order valence-corrected chi connectivity index (χ0v) is 20.7. The Bertz CT molecular complexity index is 939. The molecule has 35 heavy (non-hydrogen) atoms. The molecule has 1 aromatic rings. The van der Waals surface area contributed by atoms with Crippen molar-refractivity contribution in [2.75, 3.05) is 13.2 Å². The smallest absolute Gasteiger partial charge is 0.258 e. The van der Waals surface area contributed by atoms with Crippen molar-refractivity contribution in [3.05, 3.63) is 41.2 Å². The summed E-state index contributed by atoms with van der Waals surface area (Å²) in [5.41, 5.74) is -0.352. The SMILES string of the molecule is C=C(C)C(CC(CCC)OCC(=O)NC12CC(NC(=O)COc3ccc(Cl)c(F)c3)(C1)C2)C(F)F. The lowest BCUT2D eigenvalue weighted by Crippen LogP contribution is -2.84. The Morgan fingerprint density at radius 1 is 1.14 bits per heavy atom. The van der Waals surface area contributed by atoms with Crippen LogP contribution in [0.5, 0.6) is 5.75 Å². The lowest BCUT2D eigenvalue weighted by Gasteiger charge is -2.70. The van der Waals surface area contributed by atoms with Crippen molar-refractivity contribution in [3.8, 4) is 5.75 Å². The third kappa shape index (κ3) is 6.91. The maximum absolute atomic E-state index is 13.5. The van der Waals surface area contributed by atoms with E-state index in [4.69, 9.17) is 21.1 Å². The van der Waals surface area contributed by atoms with Crippen molar-refractivity contribution in [2.24, 2.45) is 5.92 Å². The van der Waals surface area contributed by atoms with Gasteiger partial charge in [0.05, 0.1) is 11.1 Å². The van der Waals surface area contributed by atoms with Gasteiger partial charge in [0.15, 0.2) is 6.61 Å². The van der Waals surface area contributed by atoms with Gasteiger partial charge in [0, 0.05) is 23.1 Å². The number of ether oxygens (including phenoxy) is 2. The molecule has 2 bridgehead atoms. The van der Waals surface area contributed by atoms with Crippen LogP contribution in [0.2, 0.25) is 5.02 Å². The first kappa shape index (κ1) is 27.3. The Morgan fingerprint density at radius 2 is 1.74 bits per heavy atom. The number of carbonyl (C=O) groups is 2. The summed E-state index contributed by atoms with van der Waals surface area (Å²) in [4.78, 5) is 24.7. The quantitative estimate of drug-likeness (QED) is 0.348. The van der Waals surface area contributed by atoms with Crippen molar-refractivity contribution >= 4 is 23.4 Å². The van der Waals surface area contributed by atoms with Gasteiger partial charge < -0.3 is 20.1 Å². The summed E-state index contributed by atoms with van der Waals surface area (Å²) in [6.45, 7) is 6.69. The number of halogens is 4. The van der Waals surface area contributed by atoms with Crippen molar-refractivity contribution in [3.63, 3.8) is 0 Å². The van der Waals surface area contributed by atoms with Crippen LogP contribution >= 0.6 is 11.6 Å². The molecule has 2 atom stereocenters. The molecule has 1 aromatic carbocycles. The average molecular weight is 517 g/mol. The topological polar surface area (TPSA) is 76.7 Å². The number of hydrogen-bond acceptors (Lipinski definition) is 4. The highest BCUT2D eigenvalue weighted by atomic mass is 35.5. The molecule has 0 saturated heterocycles. The minimum Gasteiger partial charge on any atom is -0.484 e. The van der Waals surface area contributed by atoms with E-state index in [1.54, 1.807) is 6.92 Å². The number of benzene rings is 1. The fraction of sp³-hybridized carbons (Fsp3) is 0.600. The molecule has 0 aromatic heterocycles. The van der Waals surface area contributed by atoms with Crippen molar-refractivity contribution < 1.29 is 32.2 Å². The van der Waals surface area contributed by atoms with E-state index in [2.05, 4.69) is 17.2 Å². The van der Waals surface area contributed by atoms with Gasteiger partial charge in [-0.3, -0.25) is 9.59 Å². The maximum Gasteiger partial charge on any atom is 0.258 e. The summed E-state index contributed by atoms with van der Waals surface area (Å²) >= 11 is 5.62. The van der Waals surface area contributed by atoms with Crippen LogP contribution in [0, 0.1) is 11.7 Å². The van der Waals surface area contributed by atoms with Gasteiger partial charge in [-0.05, 0) is 51.2 Å². The molecule has 3 aliphatic rings. The molecule has 0 heterocycles. The monoisotopic (exact) mass is 516 g/mol. The van der Waals surface area contributed by atoms with Gasteiger partial charge in [0.1, 0.15) is 18.2 Å². The normalized spacial score (nSPS) is 24.1. The largest absolute Gasteiger partial charge is 0.484 e. The summed E-state index contributed by atoms with van der Waals surface area (Å²) in [6.07, 6.45) is 0.260. The fourth-order valence-electron chi connectivity index (χ4n) is 5.02. The van der Waals surface area contributed by atoms with Gasteiger partial charge in [-0.25, -0.2) is 13.2 Å². The van der Waals surface area contributed by atoms with Crippen molar-refractivity contribution in [1.82, 2.24) is 10.6 Å². The summed E-state index contributed by atoms with van der Waals surface area (Å²) in [5, 5.41) is 5.84. The third-order valence-electron chi connectivity index (χ3n) is 6.62. The van der Waals surface area contributed by atoms with Crippen LogP contribution in [0.3, 0.4) is 0 Å². The Hall–Kier alpha value is -2.26. The predicted octanol–water partition coefficient (Wildman–Crippen LogP) is 4.80. The fourth-order valence-corrected chi connectivity index (χ4v) is 5.14. The van der Waals surface area contributed by atoms with Crippen molar-refractivity contribution in [2.45, 2.75) is 76.0 Å². The summed E-state index contributed by atoms with van der Waals surface area (Å²) in [5.74, 6) is -2.03. The number of hydrogen-bond donors (Lipinski definition) is 2. The summed E-state index contributed by atoms with van der Waals surface area (Å²) < 4.78 is 51.0. The molecule has 194 valence electrons. The standard InChI is InChI=1S/C25H32ClF3N2O4/c1-4-5-16(8-18(15(2)3)23(28)29)34-10-21(32)30-24-12-25(13-24,14-24)31-22(33)11-35-17-6-7-19(26)20(27)9-17/h6-7,9,16,18,23H,2,4-5,8,10-14H2,1,3H3,(H,30,32)(H,31,33). The zero-order chi connectivity index (χ0) is 25.8. The van der Waals surface area contributed by atoms with Gasteiger partial charge >= 0.3 is 0 Å². The van der Waals surface area contributed by atoms with Gasteiger partial charge in [0.25, 0.3) is 5.91 Å². The second-order valence-electron chi connectivity index (χ2n) is 9.80. The Balaban J connectivity index is 1.38. The first-order valence-electron chi connectivity index (χ1n) is 11.7.